The van der Waals surface area contributed by atoms with Gasteiger partial charge in [-0.1, -0.05) is 49.5 Å². The van der Waals surface area contributed by atoms with Gasteiger partial charge in [-0.05, 0) is 31.6 Å². The Morgan fingerprint density at radius 3 is 2.12 bits per heavy atom. The molecule has 1 nitrogen and oxygen atoms in total. The van der Waals surface area contributed by atoms with Crippen molar-refractivity contribution in [2.45, 2.75) is 26.9 Å². The molecule has 0 aliphatic carbocycles. The van der Waals surface area contributed by atoms with Crippen LogP contribution < -0.4 is 4.74 Å². The molecule has 0 saturated heterocycles. The molecule has 0 aliphatic heterocycles. The molecule has 0 bridgehead atoms. The van der Waals surface area contributed by atoms with Gasteiger partial charge >= 0.3 is 0 Å². The molecule has 0 fully saturated rings. The Balaban J connectivity index is 0.000000419. The molecular weight excluding hydrogens is 368 g/mol. The predicted molar refractivity (Wildman–Crippen MR) is 113 cm³/mol. The second-order valence-corrected chi connectivity index (χ2v) is 6.67. The van der Waals surface area contributed by atoms with Crippen molar-refractivity contribution in [3.8, 4) is 5.75 Å². The van der Waals surface area contributed by atoms with E-state index in [-0.39, 0.29) is 21.7 Å². The fourth-order valence-corrected chi connectivity index (χ4v) is 1.83. The second-order valence-electron chi connectivity index (χ2n) is 5.67. The van der Waals surface area contributed by atoms with Crippen LogP contribution in [0.1, 0.15) is 13.8 Å². The molecule has 134 valence electrons. The maximum absolute atomic E-state index is 5.41. The molecule has 0 unspecified atom stereocenters. The number of allylic oxidation sites excluding steroid dienone is 2. The van der Waals surface area contributed by atoms with Crippen molar-refractivity contribution < 1.29 is 26.5 Å². The minimum atomic E-state index is 0. The average molecular weight is 395 g/mol. The quantitative estimate of drug-likeness (QED) is 0.203. The van der Waals surface area contributed by atoms with Crippen molar-refractivity contribution in [2.24, 2.45) is 0 Å². The monoisotopic (exact) mass is 395 g/mol. The van der Waals surface area contributed by atoms with Crippen LogP contribution in [0.5, 0.6) is 5.75 Å². The Labute approximate surface area is 175 Å². The summed E-state index contributed by atoms with van der Waals surface area (Å²) in [5.41, 5.74) is 2.08. The van der Waals surface area contributed by atoms with Crippen LogP contribution in [0, 0.1) is 0 Å². The molecule has 3 aromatic rings. The minimum Gasteiger partial charge on any atom is -0.465 e. The third kappa shape index (κ3) is 9.67. The van der Waals surface area contributed by atoms with Crippen LogP contribution in [0.2, 0.25) is 13.1 Å². The van der Waals surface area contributed by atoms with Crippen LogP contribution in [0.4, 0.5) is 0 Å². The summed E-state index contributed by atoms with van der Waals surface area (Å²) in [5.74, 6) is 0.850. The first-order valence-electron chi connectivity index (χ1n) is 8.31. The Bertz CT molecular complexity index is 745. The van der Waals surface area contributed by atoms with Gasteiger partial charge in [0.1, 0.15) is 5.75 Å². The zero-order valence-electron chi connectivity index (χ0n) is 16.1. The van der Waals surface area contributed by atoms with Gasteiger partial charge in [0.15, 0.2) is 0 Å². The van der Waals surface area contributed by atoms with Gasteiger partial charge in [0.25, 0.3) is 0 Å². The summed E-state index contributed by atoms with van der Waals surface area (Å²) >= 11 is 0. The van der Waals surface area contributed by atoms with Crippen molar-refractivity contribution in [3.05, 3.63) is 96.8 Å². The van der Waals surface area contributed by atoms with Crippen LogP contribution >= 0.6 is 0 Å². The van der Waals surface area contributed by atoms with Crippen molar-refractivity contribution in [2.75, 3.05) is 0 Å². The molecule has 0 heterocycles. The summed E-state index contributed by atoms with van der Waals surface area (Å²) in [7, 11) is 1.08. The first-order chi connectivity index (χ1) is 12.1. The van der Waals surface area contributed by atoms with E-state index < -0.39 is 0 Å². The summed E-state index contributed by atoms with van der Waals surface area (Å²) in [6, 6.07) is 24.4. The third-order valence-corrected chi connectivity index (χ3v) is 3.34. The Kier molecular flexibility index (Phi) is 13.5. The van der Waals surface area contributed by atoms with E-state index in [0.29, 0.717) is 0 Å². The van der Waals surface area contributed by atoms with Crippen LogP contribution in [0.3, 0.4) is 0 Å². The maximum atomic E-state index is 5.41. The SMILES string of the molecule is C=C(C)C(C)=COc1ccccc1.C[Si]C.[Ti].c1ccc2[cH-]ccc2c1. The molecule has 26 heavy (non-hydrogen) atoms. The smallest absolute Gasteiger partial charge is 0.126 e. The fourth-order valence-electron chi connectivity index (χ4n) is 1.83. The third-order valence-electron chi connectivity index (χ3n) is 3.34. The molecule has 0 atom stereocenters. The topological polar surface area (TPSA) is 9.23 Å². The Morgan fingerprint density at radius 1 is 0.962 bits per heavy atom. The second kappa shape index (κ2) is 14.4. The van der Waals surface area contributed by atoms with Gasteiger partial charge in [-0.25, -0.2) is 0 Å². The molecular formula is C23H27OSiTi-. The summed E-state index contributed by atoms with van der Waals surface area (Å²) in [6.45, 7) is 12.1. The van der Waals surface area contributed by atoms with Crippen molar-refractivity contribution >= 4 is 20.3 Å². The summed E-state index contributed by atoms with van der Waals surface area (Å²) in [4.78, 5) is 0. The zero-order chi connectivity index (χ0) is 18.5. The molecule has 0 spiro atoms. The van der Waals surface area contributed by atoms with E-state index in [1.54, 1.807) is 6.26 Å². The molecule has 2 radical (unpaired) electrons. The number of hydrogen-bond acceptors (Lipinski definition) is 1. The number of rotatable bonds is 3. The van der Waals surface area contributed by atoms with Gasteiger partial charge in [0, 0.05) is 31.2 Å². The molecule has 3 aromatic carbocycles. The van der Waals surface area contributed by atoms with Crippen molar-refractivity contribution in [3.63, 3.8) is 0 Å². The first-order valence-corrected chi connectivity index (χ1v) is 10.3. The summed E-state index contributed by atoms with van der Waals surface area (Å²) in [5, 5.41) is 2.66. The summed E-state index contributed by atoms with van der Waals surface area (Å²) in [6.07, 6.45) is 1.72. The number of para-hydroxylation sites is 1. The number of fused-ring (bicyclic) bond motifs is 1. The Hall–Kier alpha value is -1.74. The van der Waals surface area contributed by atoms with E-state index in [0.717, 1.165) is 26.4 Å². The predicted octanol–water partition coefficient (Wildman–Crippen LogP) is 6.89. The van der Waals surface area contributed by atoms with Gasteiger partial charge in [-0.3, -0.25) is 0 Å². The van der Waals surface area contributed by atoms with E-state index in [9.17, 15) is 0 Å². The molecule has 0 N–H and O–H groups in total. The van der Waals surface area contributed by atoms with Gasteiger partial charge in [-0.15, -0.1) is 29.7 Å². The molecule has 0 saturated carbocycles. The normalized spacial score (nSPS) is 9.77. The van der Waals surface area contributed by atoms with Gasteiger partial charge < -0.3 is 4.74 Å². The Morgan fingerprint density at radius 2 is 1.54 bits per heavy atom. The largest absolute Gasteiger partial charge is 0.465 e. The van der Waals surface area contributed by atoms with Crippen LogP contribution in [0.25, 0.3) is 10.8 Å². The van der Waals surface area contributed by atoms with Crippen LogP contribution in [0.15, 0.2) is 96.8 Å². The van der Waals surface area contributed by atoms with E-state index in [2.05, 4.69) is 62.1 Å². The van der Waals surface area contributed by atoms with Gasteiger partial charge in [0.2, 0.25) is 0 Å². The number of ether oxygens (including phenoxy) is 1. The van der Waals surface area contributed by atoms with E-state index in [1.165, 1.54) is 10.8 Å². The number of benzene rings is 2. The van der Waals surface area contributed by atoms with E-state index >= 15 is 0 Å². The van der Waals surface area contributed by atoms with Crippen LogP contribution in [-0.4, -0.2) is 9.52 Å². The zero-order valence-corrected chi connectivity index (χ0v) is 18.7. The molecule has 3 heteroatoms. The standard InChI is InChI=1S/C12H14O.C9H7.C2H6Si.Ti/c1-10(2)11(3)9-13-12-7-5-4-6-8-12;1-2-5-9-7-3-6-8(9)4-1;1-3-2;/h4-9H,1H2,2-3H3;1-7H;1-2H3;/q;-1;;. The van der Waals surface area contributed by atoms with Crippen LogP contribution in [-0.2, 0) is 21.7 Å². The molecule has 0 amide bonds. The fraction of sp³-hybridized carbons (Fsp3) is 0.174. The molecule has 0 aliphatic rings. The van der Waals surface area contributed by atoms with Gasteiger partial charge in [0.05, 0.1) is 6.26 Å². The van der Waals surface area contributed by atoms with Crippen molar-refractivity contribution in [1.29, 1.82) is 0 Å². The molecule has 3 rings (SSSR count). The van der Waals surface area contributed by atoms with E-state index in [1.807, 2.05) is 44.2 Å². The summed E-state index contributed by atoms with van der Waals surface area (Å²) < 4.78 is 5.41. The molecule has 0 aromatic heterocycles. The average Bonchev–Trinajstić information content (AvgIpc) is 3.10. The number of hydrogen-bond donors (Lipinski definition) is 0. The van der Waals surface area contributed by atoms with Crippen molar-refractivity contribution in [1.82, 2.24) is 0 Å². The van der Waals surface area contributed by atoms with Gasteiger partial charge in [-0.2, -0.15) is 17.5 Å². The minimum absolute atomic E-state index is 0. The van der Waals surface area contributed by atoms with E-state index in [4.69, 9.17) is 4.74 Å². The maximum Gasteiger partial charge on any atom is 0.126 e. The first kappa shape index (κ1) is 24.3.